The maximum atomic E-state index is 2.44. The molecule has 0 aliphatic heterocycles. The molecule has 7 aromatic carbocycles. The molecule has 0 saturated carbocycles. The van der Waals surface area contributed by atoms with Crippen molar-refractivity contribution < 1.29 is 0 Å². The van der Waals surface area contributed by atoms with Crippen LogP contribution >= 0.6 is 0 Å². The summed E-state index contributed by atoms with van der Waals surface area (Å²) in [5.41, 5.74) is 8.43. The van der Waals surface area contributed by atoms with Crippen molar-refractivity contribution in [3.05, 3.63) is 158 Å². The van der Waals surface area contributed by atoms with E-state index in [-0.39, 0.29) is 0 Å². The highest BCUT2D eigenvalue weighted by atomic mass is 15.0. The molecular weight excluding hydrogens is 508 g/mol. The van der Waals surface area contributed by atoms with E-state index in [9.17, 15) is 0 Å². The molecule has 0 atom stereocenters. The Balaban J connectivity index is 1.27. The van der Waals surface area contributed by atoms with Crippen LogP contribution in [0.3, 0.4) is 0 Å². The molecule has 0 amide bonds. The zero-order chi connectivity index (χ0) is 27.6. The molecule has 9 aromatic rings. The summed E-state index contributed by atoms with van der Waals surface area (Å²) in [6.07, 6.45) is 2.19. The molecular formula is C40H26N2. The van der Waals surface area contributed by atoms with Crippen LogP contribution in [-0.4, -0.2) is 9.13 Å². The summed E-state index contributed by atoms with van der Waals surface area (Å²) >= 11 is 0. The van der Waals surface area contributed by atoms with Gasteiger partial charge in [0.25, 0.3) is 0 Å². The zero-order valence-corrected chi connectivity index (χ0v) is 22.9. The molecule has 0 aliphatic carbocycles. The van der Waals surface area contributed by atoms with Crippen LogP contribution in [-0.2, 0) is 0 Å². The van der Waals surface area contributed by atoms with Crippen LogP contribution < -0.4 is 0 Å². The Hall–Kier alpha value is -5.60. The normalized spacial score (nSPS) is 11.8. The number of aromatic nitrogens is 2. The monoisotopic (exact) mass is 534 g/mol. The predicted molar refractivity (Wildman–Crippen MR) is 178 cm³/mol. The first kappa shape index (κ1) is 23.1. The molecule has 0 unspecified atom stereocenters. The summed E-state index contributed by atoms with van der Waals surface area (Å²) in [6.45, 7) is 0. The molecule has 2 heterocycles. The van der Waals surface area contributed by atoms with Crippen LogP contribution in [0.5, 0.6) is 0 Å². The summed E-state index contributed by atoms with van der Waals surface area (Å²) in [5.74, 6) is 0. The van der Waals surface area contributed by atoms with Gasteiger partial charge in [-0.1, -0.05) is 103 Å². The molecule has 2 aromatic heterocycles. The van der Waals surface area contributed by atoms with Gasteiger partial charge in [0.15, 0.2) is 0 Å². The lowest BCUT2D eigenvalue weighted by Crippen LogP contribution is -1.95. The fourth-order valence-electron chi connectivity index (χ4n) is 6.78. The van der Waals surface area contributed by atoms with E-state index < -0.39 is 0 Å². The molecule has 0 N–H and O–H groups in total. The van der Waals surface area contributed by atoms with Gasteiger partial charge in [0.1, 0.15) is 0 Å². The Bertz CT molecular complexity index is 2460. The van der Waals surface area contributed by atoms with Crippen molar-refractivity contribution >= 4 is 54.3 Å². The fourth-order valence-corrected chi connectivity index (χ4v) is 6.78. The highest BCUT2D eigenvalue weighted by Gasteiger charge is 2.17. The average molecular weight is 535 g/mol. The van der Waals surface area contributed by atoms with E-state index in [1.165, 1.54) is 71.1 Å². The number of fused-ring (bicyclic) bond motifs is 8. The minimum absolute atomic E-state index is 1.16. The summed E-state index contributed by atoms with van der Waals surface area (Å²) < 4.78 is 4.73. The average Bonchev–Trinajstić information content (AvgIpc) is 3.64. The highest BCUT2D eigenvalue weighted by molar-refractivity contribution is 6.18. The van der Waals surface area contributed by atoms with E-state index in [4.69, 9.17) is 0 Å². The summed E-state index contributed by atoms with van der Waals surface area (Å²) in [4.78, 5) is 0. The molecule has 9 rings (SSSR count). The molecule has 196 valence electrons. The topological polar surface area (TPSA) is 9.86 Å². The van der Waals surface area contributed by atoms with Crippen LogP contribution in [0, 0.1) is 0 Å². The Morgan fingerprint density at radius 3 is 2.00 bits per heavy atom. The quantitative estimate of drug-likeness (QED) is 0.200. The van der Waals surface area contributed by atoms with Crippen molar-refractivity contribution in [2.45, 2.75) is 0 Å². The van der Waals surface area contributed by atoms with Gasteiger partial charge in [-0.15, -0.1) is 0 Å². The van der Waals surface area contributed by atoms with Crippen molar-refractivity contribution in [1.29, 1.82) is 0 Å². The first-order valence-electron chi connectivity index (χ1n) is 14.4. The third-order valence-electron chi connectivity index (χ3n) is 8.72. The van der Waals surface area contributed by atoms with Crippen molar-refractivity contribution in [2.75, 3.05) is 0 Å². The van der Waals surface area contributed by atoms with E-state index in [2.05, 4.69) is 167 Å². The maximum absolute atomic E-state index is 2.44. The Morgan fingerprint density at radius 2 is 1.07 bits per heavy atom. The number of para-hydroxylation sites is 2. The SMILES string of the molecule is c1ccc(-n2ccc3c2ccc2c4ccccc4n(-c4cccc(-c5ccc6c(ccc7ccccc76)c5)c4)c23)cc1. The van der Waals surface area contributed by atoms with Crippen LogP contribution in [0.15, 0.2) is 158 Å². The van der Waals surface area contributed by atoms with E-state index >= 15 is 0 Å². The molecule has 0 bridgehead atoms. The highest BCUT2D eigenvalue weighted by Crippen LogP contribution is 2.38. The summed E-state index contributed by atoms with van der Waals surface area (Å²) in [7, 11) is 0. The lowest BCUT2D eigenvalue weighted by atomic mass is 9.97. The smallest absolute Gasteiger partial charge is 0.0635 e. The summed E-state index contributed by atoms with van der Waals surface area (Å²) in [6, 6.07) is 55.1. The largest absolute Gasteiger partial charge is 0.316 e. The first-order valence-corrected chi connectivity index (χ1v) is 14.4. The van der Waals surface area contributed by atoms with Crippen molar-refractivity contribution in [3.8, 4) is 22.5 Å². The van der Waals surface area contributed by atoms with E-state index in [0.29, 0.717) is 0 Å². The minimum Gasteiger partial charge on any atom is -0.316 e. The van der Waals surface area contributed by atoms with E-state index in [1.807, 2.05) is 0 Å². The second kappa shape index (κ2) is 8.95. The maximum Gasteiger partial charge on any atom is 0.0635 e. The standard InChI is InChI=1S/C40H26N2/c1-2-11-31(12-3-1)41-24-23-37-38(41)22-21-36-35-15-6-7-16-39(35)42(40(36)37)32-13-8-10-28(26-32)29-19-20-34-30(25-29)18-17-27-9-4-5-14-33(27)34/h1-26H. The van der Waals surface area contributed by atoms with Crippen LogP contribution in [0.2, 0.25) is 0 Å². The molecule has 42 heavy (non-hydrogen) atoms. The van der Waals surface area contributed by atoms with Gasteiger partial charge in [-0.2, -0.15) is 0 Å². The zero-order valence-electron chi connectivity index (χ0n) is 22.9. The predicted octanol–water partition coefficient (Wildman–Crippen LogP) is 10.7. The molecule has 0 fully saturated rings. The molecule has 0 spiro atoms. The van der Waals surface area contributed by atoms with Gasteiger partial charge >= 0.3 is 0 Å². The van der Waals surface area contributed by atoms with Gasteiger partial charge in [0, 0.05) is 33.7 Å². The fraction of sp³-hybridized carbons (Fsp3) is 0. The van der Waals surface area contributed by atoms with Gasteiger partial charge in [-0.05, 0) is 81.2 Å². The minimum atomic E-state index is 1.16. The van der Waals surface area contributed by atoms with Crippen LogP contribution in [0.1, 0.15) is 0 Å². The third-order valence-corrected chi connectivity index (χ3v) is 8.72. The first-order chi connectivity index (χ1) is 20.8. The number of benzene rings is 7. The third kappa shape index (κ3) is 3.39. The second-order valence-corrected chi connectivity index (χ2v) is 11.0. The molecule has 0 radical (unpaired) electrons. The summed E-state index contributed by atoms with van der Waals surface area (Å²) in [5, 5.41) is 8.91. The number of hydrogen-bond donors (Lipinski definition) is 0. The second-order valence-electron chi connectivity index (χ2n) is 11.0. The lowest BCUT2D eigenvalue weighted by Gasteiger charge is -2.12. The number of hydrogen-bond acceptors (Lipinski definition) is 0. The Morgan fingerprint density at radius 1 is 0.357 bits per heavy atom. The van der Waals surface area contributed by atoms with Gasteiger partial charge < -0.3 is 9.13 Å². The van der Waals surface area contributed by atoms with Crippen molar-refractivity contribution in [2.24, 2.45) is 0 Å². The molecule has 0 aliphatic rings. The number of nitrogens with zero attached hydrogens (tertiary/aromatic N) is 2. The van der Waals surface area contributed by atoms with Crippen molar-refractivity contribution in [3.63, 3.8) is 0 Å². The van der Waals surface area contributed by atoms with Gasteiger partial charge in [-0.25, -0.2) is 0 Å². The Labute approximate surface area is 243 Å². The molecule has 2 nitrogen and oxygen atoms in total. The molecule has 0 saturated heterocycles. The van der Waals surface area contributed by atoms with Crippen LogP contribution in [0.4, 0.5) is 0 Å². The Kier molecular flexibility index (Phi) is 4.93. The van der Waals surface area contributed by atoms with E-state index in [1.54, 1.807) is 0 Å². The van der Waals surface area contributed by atoms with E-state index in [0.717, 1.165) is 5.69 Å². The van der Waals surface area contributed by atoms with Gasteiger partial charge in [-0.3, -0.25) is 0 Å². The van der Waals surface area contributed by atoms with Gasteiger partial charge in [0.2, 0.25) is 0 Å². The van der Waals surface area contributed by atoms with Crippen LogP contribution in [0.25, 0.3) is 76.8 Å². The number of rotatable bonds is 3. The van der Waals surface area contributed by atoms with Gasteiger partial charge in [0.05, 0.1) is 16.6 Å². The van der Waals surface area contributed by atoms with Crippen molar-refractivity contribution in [1.82, 2.24) is 9.13 Å². The molecule has 2 heteroatoms. The lowest BCUT2D eigenvalue weighted by molar-refractivity contribution is 1.13.